The largest absolute Gasteiger partial charge is 0.472 e. The number of hydrogen-bond acceptors (Lipinski definition) is 2. The zero-order valence-corrected chi connectivity index (χ0v) is 10.0. The first-order chi connectivity index (χ1) is 7.25. The van der Waals surface area contributed by atoms with Gasteiger partial charge in [0.05, 0.1) is 12.5 Å². The van der Waals surface area contributed by atoms with E-state index in [-0.39, 0.29) is 0 Å². The van der Waals surface area contributed by atoms with Gasteiger partial charge in [-0.05, 0) is 36.8 Å². The summed E-state index contributed by atoms with van der Waals surface area (Å²) in [7, 11) is 0. The van der Waals surface area contributed by atoms with E-state index in [1.54, 1.807) is 12.5 Å². The summed E-state index contributed by atoms with van der Waals surface area (Å²) in [4.78, 5) is 0. The smallest absolute Gasteiger partial charge is 0.0952 e. The number of aryl methyl sites for hydroxylation is 1. The van der Waals surface area contributed by atoms with Crippen LogP contribution in [0.2, 0.25) is 0 Å². The second kappa shape index (κ2) is 4.53. The minimum absolute atomic E-state index is 0.789. The molecule has 1 aromatic heterocycles. The lowest BCUT2D eigenvalue weighted by Gasteiger charge is -2.06. The van der Waals surface area contributed by atoms with E-state index in [9.17, 15) is 0 Å². The average molecular weight is 266 g/mol. The van der Waals surface area contributed by atoms with Gasteiger partial charge in [0.2, 0.25) is 0 Å². The second-order valence-corrected chi connectivity index (χ2v) is 4.30. The molecular weight excluding hydrogens is 254 g/mol. The number of anilines is 1. The quantitative estimate of drug-likeness (QED) is 0.909. The number of furan rings is 1. The number of hydrogen-bond donors (Lipinski definition) is 1. The molecule has 1 N–H and O–H groups in total. The average Bonchev–Trinajstić information content (AvgIpc) is 2.73. The predicted octanol–water partition coefficient (Wildman–Crippen LogP) is 3.96. The Labute approximate surface area is 97.4 Å². The fourth-order valence-corrected chi connectivity index (χ4v) is 1.60. The van der Waals surface area contributed by atoms with Crippen molar-refractivity contribution in [2.24, 2.45) is 0 Å². The summed E-state index contributed by atoms with van der Waals surface area (Å²) in [6.45, 7) is 2.87. The topological polar surface area (TPSA) is 25.2 Å². The summed E-state index contributed by atoms with van der Waals surface area (Å²) in [6.07, 6.45) is 3.43. The Morgan fingerprint density at radius 1 is 1.33 bits per heavy atom. The Morgan fingerprint density at radius 2 is 2.20 bits per heavy atom. The Balaban J connectivity index is 2.02. The monoisotopic (exact) mass is 265 g/mol. The summed E-state index contributed by atoms with van der Waals surface area (Å²) >= 11 is 3.48. The second-order valence-electron chi connectivity index (χ2n) is 3.45. The van der Waals surface area contributed by atoms with Gasteiger partial charge in [0.15, 0.2) is 0 Å². The summed E-state index contributed by atoms with van der Waals surface area (Å²) in [5, 5.41) is 3.33. The van der Waals surface area contributed by atoms with Crippen molar-refractivity contribution in [3.05, 3.63) is 52.4 Å². The van der Waals surface area contributed by atoms with Gasteiger partial charge >= 0.3 is 0 Å². The first kappa shape index (κ1) is 10.3. The van der Waals surface area contributed by atoms with Crippen LogP contribution in [0.3, 0.4) is 0 Å². The molecular formula is C12H12BrNO. The maximum atomic E-state index is 5.00. The van der Waals surface area contributed by atoms with Gasteiger partial charge in [0.25, 0.3) is 0 Å². The Hall–Kier alpha value is -1.22. The minimum Gasteiger partial charge on any atom is -0.472 e. The van der Waals surface area contributed by atoms with Crippen molar-refractivity contribution >= 4 is 21.6 Å². The van der Waals surface area contributed by atoms with E-state index in [0.29, 0.717) is 0 Å². The molecule has 1 aromatic carbocycles. The summed E-state index contributed by atoms with van der Waals surface area (Å²) in [5.41, 5.74) is 3.50. The number of halogens is 1. The third kappa shape index (κ3) is 2.63. The third-order valence-corrected chi connectivity index (χ3v) is 3.12. The highest BCUT2D eigenvalue weighted by molar-refractivity contribution is 9.10. The van der Waals surface area contributed by atoms with Gasteiger partial charge in [-0.15, -0.1) is 0 Å². The van der Waals surface area contributed by atoms with Gasteiger partial charge in [-0.25, -0.2) is 0 Å². The standard InChI is InChI=1S/C12H12BrNO/c1-9-6-11(2-3-12(9)13)14-7-10-4-5-15-8-10/h2-6,8,14H,7H2,1H3. The van der Waals surface area contributed by atoms with Crippen LogP contribution in [-0.4, -0.2) is 0 Å². The van der Waals surface area contributed by atoms with Crippen LogP contribution in [-0.2, 0) is 6.54 Å². The molecule has 0 amide bonds. The molecule has 78 valence electrons. The highest BCUT2D eigenvalue weighted by Crippen LogP contribution is 2.20. The Bertz CT molecular complexity index is 437. The SMILES string of the molecule is Cc1cc(NCc2ccoc2)ccc1Br. The zero-order chi connectivity index (χ0) is 10.7. The van der Waals surface area contributed by atoms with Crippen LogP contribution in [0.1, 0.15) is 11.1 Å². The lowest BCUT2D eigenvalue weighted by atomic mass is 10.2. The highest BCUT2D eigenvalue weighted by atomic mass is 79.9. The van der Waals surface area contributed by atoms with Crippen molar-refractivity contribution in [1.82, 2.24) is 0 Å². The number of rotatable bonds is 3. The summed E-state index contributed by atoms with van der Waals surface area (Å²) < 4.78 is 6.13. The van der Waals surface area contributed by atoms with Gasteiger partial charge in [-0.3, -0.25) is 0 Å². The predicted molar refractivity (Wildman–Crippen MR) is 64.9 cm³/mol. The molecule has 15 heavy (non-hydrogen) atoms. The van der Waals surface area contributed by atoms with Crippen LogP contribution in [0.4, 0.5) is 5.69 Å². The fraction of sp³-hybridized carbons (Fsp3) is 0.167. The summed E-state index contributed by atoms with van der Waals surface area (Å²) in [6, 6.07) is 8.17. The van der Waals surface area contributed by atoms with Crippen LogP contribution in [0, 0.1) is 6.92 Å². The lowest BCUT2D eigenvalue weighted by molar-refractivity contribution is 0.564. The molecule has 0 spiro atoms. The Morgan fingerprint density at radius 3 is 2.87 bits per heavy atom. The molecule has 0 bridgehead atoms. The molecule has 3 heteroatoms. The van der Waals surface area contributed by atoms with Crippen molar-refractivity contribution < 1.29 is 4.42 Å². The van der Waals surface area contributed by atoms with Crippen molar-refractivity contribution in [2.45, 2.75) is 13.5 Å². The molecule has 0 saturated heterocycles. The van der Waals surface area contributed by atoms with E-state index in [4.69, 9.17) is 4.42 Å². The molecule has 0 atom stereocenters. The van der Waals surface area contributed by atoms with Gasteiger partial charge in [-0.1, -0.05) is 15.9 Å². The number of nitrogens with one attached hydrogen (secondary N) is 1. The van der Waals surface area contributed by atoms with E-state index in [1.807, 2.05) is 12.1 Å². The van der Waals surface area contributed by atoms with E-state index < -0.39 is 0 Å². The van der Waals surface area contributed by atoms with Crippen molar-refractivity contribution in [1.29, 1.82) is 0 Å². The maximum absolute atomic E-state index is 5.00. The van der Waals surface area contributed by atoms with Crippen LogP contribution < -0.4 is 5.32 Å². The number of benzene rings is 1. The van der Waals surface area contributed by atoms with E-state index in [0.717, 1.165) is 22.3 Å². The van der Waals surface area contributed by atoms with Gasteiger partial charge in [0, 0.05) is 22.3 Å². The first-order valence-electron chi connectivity index (χ1n) is 4.77. The van der Waals surface area contributed by atoms with E-state index in [2.05, 4.69) is 40.3 Å². The fourth-order valence-electron chi connectivity index (χ4n) is 1.35. The first-order valence-corrected chi connectivity index (χ1v) is 5.56. The molecule has 2 rings (SSSR count). The third-order valence-electron chi connectivity index (χ3n) is 2.23. The molecule has 0 fully saturated rings. The van der Waals surface area contributed by atoms with Gasteiger partial charge < -0.3 is 9.73 Å². The molecule has 0 unspecified atom stereocenters. The van der Waals surface area contributed by atoms with Crippen molar-refractivity contribution in [3.63, 3.8) is 0 Å². The van der Waals surface area contributed by atoms with Crippen LogP contribution in [0.5, 0.6) is 0 Å². The highest BCUT2D eigenvalue weighted by Gasteiger charge is 1.98. The molecule has 0 aliphatic heterocycles. The van der Waals surface area contributed by atoms with Crippen LogP contribution in [0.25, 0.3) is 0 Å². The van der Waals surface area contributed by atoms with Gasteiger partial charge in [-0.2, -0.15) is 0 Å². The van der Waals surface area contributed by atoms with Crippen molar-refractivity contribution in [2.75, 3.05) is 5.32 Å². The summed E-state index contributed by atoms with van der Waals surface area (Å²) in [5.74, 6) is 0. The lowest BCUT2D eigenvalue weighted by Crippen LogP contribution is -1.98. The van der Waals surface area contributed by atoms with Crippen LogP contribution >= 0.6 is 15.9 Å². The Kier molecular flexibility index (Phi) is 3.11. The normalized spacial score (nSPS) is 10.3. The van der Waals surface area contributed by atoms with Crippen molar-refractivity contribution in [3.8, 4) is 0 Å². The molecule has 1 heterocycles. The molecule has 0 aliphatic rings. The molecule has 0 aliphatic carbocycles. The zero-order valence-electron chi connectivity index (χ0n) is 8.46. The minimum atomic E-state index is 0.789. The molecule has 0 radical (unpaired) electrons. The molecule has 2 nitrogen and oxygen atoms in total. The molecule has 2 aromatic rings. The van der Waals surface area contributed by atoms with Gasteiger partial charge in [0.1, 0.15) is 0 Å². The molecule has 0 saturated carbocycles. The van der Waals surface area contributed by atoms with E-state index in [1.165, 1.54) is 5.56 Å². The van der Waals surface area contributed by atoms with E-state index >= 15 is 0 Å². The van der Waals surface area contributed by atoms with Crippen LogP contribution in [0.15, 0.2) is 45.7 Å². The maximum Gasteiger partial charge on any atom is 0.0952 e.